The van der Waals surface area contributed by atoms with Crippen molar-refractivity contribution in [2.24, 2.45) is 28.1 Å². The first kappa shape index (κ1) is 34.8. The largest absolute Gasteiger partial charge is 0.506 e. The molecule has 2 saturated carbocycles. The summed E-state index contributed by atoms with van der Waals surface area (Å²) in [4.78, 5) is 45.3. The minimum atomic E-state index is -1.64. The number of carbonyl (C=O) groups excluding carboxylic acids is 3. The summed E-state index contributed by atoms with van der Waals surface area (Å²) in [6.07, 6.45) is 8.08. The number of ketones is 3. The molecule has 0 aliphatic heterocycles. The Balaban J connectivity index is 2.52. The molecule has 2 fully saturated rings. The smallest absolute Gasteiger partial charge is 0.184 e. The zero-order chi connectivity index (χ0) is 33.4. The molecule has 0 spiro atoms. The van der Waals surface area contributed by atoms with Gasteiger partial charge in [-0.15, -0.1) is 0 Å². The third-order valence-electron chi connectivity index (χ3n) is 10.0. The van der Waals surface area contributed by atoms with Gasteiger partial charge in [-0.3, -0.25) is 14.4 Å². The third kappa shape index (κ3) is 5.76. The minimum Gasteiger partial charge on any atom is -0.506 e. The highest BCUT2D eigenvalue weighted by molar-refractivity contribution is 6.42. The summed E-state index contributed by atoms with van der Waals surface area (Å²) in [5, 5.41) is 31.8. The van der Waals surface area contributed by atoms with Crippen LogP contribution < -0.4 is 0 Å². The first-order chi connectivity index (χ1) is 20.4. The van der Waals surface area contributed by atoms with Gasteiger partial charge in [0.1, 0.15) is 22.2 Å². The number of aliphatic hydroxyl groups excluding tert-OH is 1. The molecule has 2 bridgehead atoms. The Hall–Kier alpha value is -3.67. The van der Waals surface area contributed by atoms with Crippen molar-refractivity contribution in [3.05, 3.63) is 76.4 Å². The number of benzene rings is 1. The van der Waals surface area contributed by atoms with Gasteiger partial charge in [0.15, 0.2) is 28.8 Å². The summed E-state index contributed by atoms with van der Waals surface area (Å²) in [7, 11) is 0. The number of rotatable bonds is 10. The van der Waals surface area contributed by atoms with Crippen LogP contribution in [0.25, 0.3) is 5.76 Å². The quantitative estimate of drug-likeness (QED) is 0.0616. The maximum atomic E-state index is 15.3. The third-order valence-corrected chi connectivity index (χ3v) is 10.0. The van der Waals surface area contributed by atoms with Crippen molar-refractivity contribution in [3.8, 4) is 11.5 Å². The number of allylic oxidation sites excluding steroid dienone is 8. The molecule has 1 aromatic carbocycles. The van der Waals surface area contributed by atoms with E-state index in [0.29, 0.717) is 24.8 Å². The SMILES string of the molecule is C=C(C)C(CCC=C(C)C)C12CC(CC=C(C)C)C(C)(C)C(CC=C(C)C)(C(=O)C(=C(O)c3ccc(O)c(O)c3)C1=O)C2=O. The molecule has 0 radical (unpaired) electrons. The second-order valence-electron chi connectivity index (χ2n) is 14.2. The highest BCUT2D eigenvalue weighted by atomic mass is 16.3. The van der Waals surface area contributed by atoms with Crippen molar-refractivity contribution < 1.29 is 29.7 Å². The van der Waals surface area contributed by atoms with E-state index in [-0.39, 0.29) is 30.1 Å². The van der Waals surface area contributed by atoms with Crippen LogP contribution in [0.3, 0.4) is 0 Å². The number of hydrogen-bond donors (Lipinski definition) is 3. The van der Waals surface area contributed by atoms with Crippen LogP contribution in [0.2, 0.25) is 0 Å². The van der Waals surface area contributed by atoms with Crippen LogP contribution in [-0.2, 0) is 14.4 Å². The summed E-state index contributed by atoms with van der Waals surface area (Å²) in [5.74, 6) is -4.03. The summed E-state index contributed by atoms with van der Waals surface area (Å²) < 4.78 is 0. The molecule has 3 rings (SSSR count). The van der Waals surface area contributed by atoms with Crippen LogP contribution in [0, 0.1) is 28.1 Å². The van der Waals surface area contributed by atoms with Gasteiger partial charge in [0.05, 0.1) is 0 Å². The van der Waals surface area contributed by atoms with Crippen molar-refractivity contribution in [2.75, 3.05) is 0 Å². The molecule has 0 heterocycles. The van der Waals surface area contributed by atoms with Gasteiger partial charge in [0, 0.05) is 5.56 Å². The minimum absolute atomic E-state index is 0.00671. The van der Waals surface area contributed by atoms with Crippen LogP contribution in [0.1, 0.15) is 100.0 Å². The Bertz CT molecular complexity index is 1490. The first-order valence-corrected chi connectivity index (χ1v) is 15.5. The van der Waals surface area contributed by atoms with Crippen molar-refractivity contribution >= 4 is 23.1 Å². The maximum absolute atomic E-state index is 15.3. The molecule has 4 atom stereocenters. The Morgan fingerprint density at radius 1 is 0.909 bits per heavy atom. The van der Waals surface area contributed by atoms with Gasteiger partial charge in [-0.25, -0.2) is 0 Å². The van der Waals surface area contributed by atoms with Crippen LogP contribution in [0.5, 0.6) is 11.5 Å². The topological polar surface area (TPSA) is 112 Å². The molecular weight excluding hydrogens is 552 g/mol. The molecule has 44 heavy (non-hydrogen) atoms. The number of aliphatic hydroxyl groups is 1. The van der Waals surface area contributed by atoms with Gasteiger partial charge in [-0.2, -0.15) is 0 Å². The molecule has 0 saturated heterocycles. The second kappa shape index (κ2) is 12.7. The fourth-order valence-electron chi connectivity index (χ4n) is 7.39. The van der Waals surface area contributed by atoms with E-state index in [0.717, 1.165) is 22.8 Å². The van der Waals surface area contributed by atoms with Crippen molar-refractivity contribution in [1.82, 2.24) is 0 Å². The Morgan fingerprint density at radius 2 is 1.50 bits per heavy atom. The van der Waals surface area contributed by atoms with Crippen LogP contribution in [-0.4, -0.2) is 32.7 Å². The number of carbonyl (C=O) groups is 3. The van der Waals surface area contributed by atoms with Gasteiger partial charge >= 0.3 is 0 Å². The van der Waals surface area contributed by atoms with Crippen LogP contribution in [0.4, 0.5) is 0 Å². The zero-order valence-corrected chi connectivity index (χ0v) is 27.9. The monoisotopic (exact) mass is 602 g/mol. The molecule has 2 aliphatic carbocycles. The van der Waals surface area contributed by atoms with Crippen molar-refractivity contribution in [3.63, 3.8) is 0 Å². The Kier molecular flexibility index (Phi) is 10.1. The highest BCUT2D eigenvalue weighted by Gasteiger charge is 2.75. The van der Waals surface area contributed by atoms with Crippen LogP contribution >= 0.6 is 0 Å². The molecule has 6 nitrogen and oxygen atoms in total. The van der Waals surface area contributed by atoms with E-state index >= 15 is 9.59 Å². The molecule has 0 amide bonds. The van der Waals surface area contributed by atoms with E-state index in [1.807, 2.05) is 68.4 Å². The molecule has 6 heteroatoms. The van der Waals surface area contributed by atoms with E-state index in [1.165, 1.54) is 12.1 Å². The van der Waals surface area contributed by atoms with Gasteiger partial charge < -0.3 is 15.3 Å². The highest BCUT2D eigenvalue weighted by Crippen LogP contribution is 2.67. The van der Waals surface area contributed by atoms with E-state index in [4.69, 9.17) is 0 Å². The first-order valence-electron chi connectivity index (χ1n) is 15.5. The molecule has 0 aromatic heterocycles. The van der Waals surface area contributed by atoms with Crippen molar-refractivity contribution in [1.29, 1.82) is 0 Å². The molecule has 2 aliphatic rings. The zero-order valence-electron chi connectivity index (χ0n) is 27.9. The number of phenolic OH excluding ortho intramolecular Hbond substituents is 2. The predicted molar refractivity (Wildman–Crippen MR) is 176 cm³/mol. The van der Waals surface area contributed by atoms with Gasteiger partial charge in [0.25, 0.3) is 0 Å². The normalized spacial score (nSPS) is 26.0. The molecule has 238 valence electrons. The Morgan fingerprint density at radius 3 is 2.02 bits per heavy atom. The van der Waals surface area contributed by atoms with E-state index < -0.39 is 56.6 Å². The van der Waals surface area contributed by atoms with Crippen molar-refractivity contribution in [2.45, 2.75) is 94.4 Å². The van der Waals surface area contributed by atoms with E-state index in [9.17, 15) is 20.1 Å². The number of Topliss-reactive ketones (excluding diaryl/α,β-unsaturated/α-hetero) is 3. The van der Waals surface area contributed by atoms with E-state index in [1.54, 1.807) is 0 Å². The fraction of sp³-hybridized carbons (Fsp3) is 0.500. The summed E-state index contributed by atoms with van der Waals surface area (Å²) in [5.41, 5.74) is -0.709. The van der Waals surface area contributed by atoms with E-state index in [2.05, 4.69) is 18.7 Å². The average Bonchev–Trinajstić information content (AvgIpc) is 2.91. The van der Waals surface area contributed by atoms with Gasteiger partial charge in [0.2, 0.25) is 0 Å². The molecule has 3 N–H and O–H groups in total. The second-order valence-corrected chi connectivity index (χ2v) is 14.2. The Labute approximate surface area is 263 Å². The molecule has 4 unspecified atom stereocenters. The standard InChI is InChI=1S/C38H50O6/c1-22(2)12-11-13-28(25(7)8)37-21-27(16-14-23(3)4)36(9,10)38(35(37)44,19-18-24(5)6)34(43)31(33(37)42)32(41)26-15-17-29(39)30(40)20-26/h12,14-15,17-18,20,27-28,39-41H,7,11,13,16,19,21H2,1-6,8-10H3. The number of aromatic hydroxyl groups is 2. The summed E-state index contributed by atoms with van der Waals surface area (Å²) in [6, 6.07) is 3.65. The lowest BCUT2D eigenvalue weighted by Crippen LogP contribution is -2.71. The average molecular weight is 603 g/mol. The lowest BCUT2D eigenvalue weighted by atomic mass is 9.37. The molecular formula is C38H50O6. The summed E-state index contributed by atoms with van der Waals surface area (Å²) in [6.45, 7) is 21.8. The number of phenols is 2. The maximum Gasteiger partial charge on any atom is 0.184 e. The lowest BCUT2D eigenvalue weighted by molar-refractivity contribution is -0.179. The lowest BCUT2D eigenvalue weighted by Gasteiger charge is -2.62. The number of hydrogen-bond acceptors (Lipinski definition) is 6. The van der Waals surface area contributed by atoms with Gasteiger partial charge in [-0.1, -0.05) is 60.9 Å². The summed E-state index contributed by atoms with van der Waals surface area (Å²) >= 11 is 0. The van der Waals surface area contributed by atoms with Gasteiger partial charge in [-0.05, 0) is 116 Å². The number of fused-ring (bicyclic) bond motifs is 2. The fourth-order valence-corrected chi connectivity index (χ4v) is 7.39. The van der Waals surface area contributed by atoms with Crippen LogP contribution in [0.15, 0.2) is 70.9 Å². The molecule has 1 aromatic rings. The predicted octanol–water partition coefficient (Wildman–Crippen LogP) is 8.76.